The van der Waals surface area contributed by atoms with Crippen LogP contribution in [0, 0.1) is 18.3 Å². The van der Waals surface area contributed by atoms with E-state index in [4.69, 9.17) is 0 Å². The normalized spacial score (nSPS) is 15.4. The molecule has 1 N–H and O–H groups in total. The lowest BCUT2D eigenvalue weighted by molar-refractivity contribution is -0.287. The van der Waals surface area contributed by atoms with Crippen molar-refractivity contribution in [1.29, 1.82) is 0 Å². The Bertz CT molecular complexity index is 208. The Balaban J connectivity index is 5.04. The molecular weight excluding hydrogens is 212 g/mol. The first-order chi connectivity index (χ1) is 6.14. The summed E-state index contributed by atoms with van der Waals surface area (Å²) >= 11 is 0. The summed E-state index contributed by atoms with van der Waals surface area (Å²) in [6.45, 7) is 0. The number of nitrogens with one attached hydrogen (secondary N) is 1. The van der Waals surface area contributed by atoms with Crippen molar-refractivity contribution in [2.24, 2.45) is 5.92 Å². The largest absolute Gasteiger partial charge is 0.402 e. The Hall–Kier alpha value is -0.900. The van der Waals surface area contributed by atoms with Gasteiger partial charge >= 0.3 is 12.4 Å². The Morgan fingerprint density at radius 1 is 1.07 bits per heavy atom. The topological polar surface area (TPSA) is 12.0 Å². The highest BCUT2D eigenvalue weighted by Gasteiger charge is 2.59. The zero-order valence-electron chi connectivity index (χ0n) is 7.00. The Morgan fingerprint density at radius 2 is 1.43 bits per heavy atom. The van der Waals surface area contributed by atoms with E-state index in [-0.39, 0.29) is 0 Å². The molecule has 0 saturated heterocycles. The highest BCUT2D eigenvalue weighted by Crippen LogP contribution is 2.41. The quantitative estimate of drug-likeness (QED) is 0.552. The van der Waals surface area contributed by atoms with Crippen molar-refractivity contribution in [1.82, 2.24) is 5.32 Å². The fourth-order valence-electron chi connectivity index (χ4n) is 0.910. The molecule has 1 unspecified atom stereocenters. The van der Waals surface area contributed by atoms with Crippen LogP contribution in [0.25, 0.3) is 0 Å². The van der Waals surface area contributed by atoms with E-state index in [0.29, 0.717) is 0 Å². The van der Waals surface area contributed by atoms with Crippen molar-refractivity contribution in [3.8, 4) is 12.3 Å². The Kier molecular flexibility index (Phi) is 3.82. The summed E-state index contributed by atoms with van der Waals surface area (Å²) in [6, 6.07) is -2.10. The summed E-state index contributed by atoms with van der Waals surface area (Å²) < 4.78 is 71.9. The molecule has 0 amide bonds. The van der Waals surface area contributed by atoms with Gasteiger partial charge in [-0.05, 0) is 7.05 Å². The highest BCUT2D eigenvalue weighted by atomic mass is 19.4. The summed E-state index contributed by atoms with van der Waals surface area (Å²) in [6.07, 6.45) is -6.24. The van der Waals surface area contributed by atoms with Crippen LogP contribution in [-0.4, -0.2) is 25.4 Å². The lowest BCUT2D eigenvalue weighted by atomic mass is 9.99. The summed E-state index contributed by atoms with van der Waals surface area (Å²) in [5.41, 5.74) is 0. The van der Waals surface area contributed by atoms with Crippen LogP contribution in [0.5, 0.6) is 0 Å². The van der Waals surface area contributed by atoms with E-state index in [1.165, 1.54) is 5.92 Å². The monoisotopic (exact) mass is 219 g/mol. The lowest BCUT2D eigenvalue weighted by Gasteiger charge is -2.27. The van der Waals surface area contributed by atoms with E-state index in [1.54, 1.807) is 5.32 Å². The molecule has 0 bridgehead atoms. The van der Waals surface area contributed by atoms with Gasteiger partial charge in [0.25, 0.3) is 0 Å². The van der Waals surface area contributed by atoms with Crippen LogP contribution in [-0.2, 0) is 0 Å². The van der Waals surface area contributed by atoms with Gasteiger partial charge < -0.3 is 5.32 Å². The van der Waals surface area contributed by atoms with Gasteiger partial charge in [-0.1, -0.05) is 5.92 Å². The lowest BCUT2D eigenvalue weighted by Crippen LogP contribution is -2.49. The van der Waals surface area contributed by atoms with Crippen LogP contribution in [0.15, 0.2) is 0 Å². The van der Waals surface area contributed by atoms with E-state index in [0.717, 1.165) is 7.05 Å². The molecule has 0 aliphatic carbocycles. The smallest absolute Gasteiger partial charge is 0.306 e. The summed E-state index contributed by atoms with van der Waals surface area (Å²) in [7, 11) is 0.939. The van der Waals surface area contributed by atoms with E-state index in [9.17, 15) is 26.3 Å². The van der Waals surface area contributed by atoms with Crippen LogP contribution < -0.4 is 5.32 Å². The second-order valence-corrected chi connectivity index (χ2v) is 2.49. The highest BCUT2D eigenvalue weighted by molar-refractivity contribution is 5.05. The maximum atomic E-state index is 12.0. The average molecular weight is 219 g/mol. The minimum absolute atomic E-state index is 0.939. The molecule has 0 saturated carbocycles. The summed E-state index contributed by atoms with van der Waals surface area (Å²) in [4.78, 5) is 0. The number of rotatable bonds is 2. The first-order valence-corrected chi connectivity index (χ1v) is 3.41. The van der Waals surface area contributed by atoms with Crippen LogP contribution in [0.2, 0.25) is 0 Å². The minimum atomic E-state index is -5.40. The molecule has 7 heteroatoms. The van der Waals surface area contributed by atoms with E-state index in [2.05, 4.69) is 6.42 Å². The zero-order chi connectivity index (χ0) is 11.6. The number of hydrogen-bond donors (Lipinski definition) is 1. The van der Waals surface area contributed by atoms with Crippen molar-refractivity contribution in [3.05, 3.63) is 0 Å². The second-order valence-electron chi connectivity index (χ2n) is 2.49. The molecule has 1 atom stereocenters. The molecule has 14 heavy (non-hydrogen) atoms. The van der Waals surface area contributed by atoms with E-state index in [1.807, 2.05) is 0 Å². The van der Waals surface area contributed by atoms with Crippen molar-refractivity contribution < 1.29 is 26.3 Å². The SMILES string of the molecule is C#CC(NC)C(C(F)(F)F)C(F)(F)F. The van der Waals surface area contributed by atoms with Gasteiger partial charge in [0.2, 0.25) is 0 Å². The molecule has 1 nitrogen and oxygen atoms in total. The number of hydrogen-bond acceptors (Lipinski definition) is 1. The van der Waals surface area contributed by atoms with Crippen molar-refractivity contribution >= 4 is 0 Å². The molecule has 0 fully saturated rings. The van der Waals surface area contributed by atoms with Crippen LogP contribution in [0.1, 0.15) is 0 Å². The standard InChI is InChI=1S/C7H7F6N/c1-3-4(14-2)5(6(8,9)10)7(11,12)13/h1,4-5,14H,2H3. The Labute approximate surface area is 76.5 Å². The van der Waals surface area contributed by atoms with Crippen LogP contribution in [0.3, 0.4) is 0 Å². The maximum Gasteiger partial charge on any atom is 0.402 e. The first kappa shape index (κ1) is 13.1. The van der Waals surface area contributed by atoms with Crippen LogP contribution >= 0.6 is 0 Å². The molecule has 0 heterocycles. The van der Waals surface area contributed by atoms with Crippen molar-refractivity contribution in [2.75, 3.05) is 7.05 Å². The van der Waals surface area contributed by atoms with Gasteiger partial charge in [-0.3, -0.25) is 0 Å². The molecule has 0 aliphatic rings. The average Bonchev–Trinajstić information content (AvgIpc) is 1.94. The summed E-state index contributed by atoms with van der Waals surface area (Å²) in [5.74, 6) is -2.12. The molecule has 0 aliphatic heterocycles. The molecule has 0 aromatic heterocycles. The summed E-state index contributed by atoms with van der Waals surface area (Å²) in [5, 5.41) is 1.79. The van der Waals surface area contributed by atoms with E-state index < -0.39 is 24.3 Å². The zero-order valence-corrected chi connectivity index (χ0v) is 7.00. The number of halogens is 6. The predicted molar refractivity (Wildman–Crippen MR) is 37.3 cm³/mol. The number of terminal acetylenes is 1. The fraction of sp³-hybridized carbons (Fsp3) is 0.714. The Morgan fingerprint density at radius 3 is 1.50 bits per heavy atom. The van der Waals surface area contributed by atoms with Crippen molar-refractivity contribution in [3.63, 3.8) is 0 Å². The fourth-order valence-corrected chi connectivity index (χ4v) is 0.910. The molecule has 0 rings (SSSR count). The molecular formula is C7H7F6N. The first-order valence-electron chi connectivity index (χ1n) is 3.41. The third-order valence-corrected chi connectivity index (χ3v) is 1.53. The molecule has 0 spiro atoms. The maximum absolute atomic E-state index is 12.0. The van der Waals surface area contributed by atoms with Crippen LogP contribution in [0.4, 0.5) is 26.3 Å². The van der Waals surface area contributed by atoms with Gasteiger partial charge in [0, 0.05) is 0 Å². The minimum Gasteiger partial charge on any atom is -0.306 e. The van der Waals surface area contributed by atoms with Gasteiger partial charge in [-0.25, -0.2) is 0 Å². The molecule has 82 valence electrons. The van der Waals surface area contributed by atoms with Gasteiger partial charge in [-0.2, -0.15) is 26.3 Å². The third kappa shape index (κ3) is 3.10. The molecule has 0 radical (unpaired) electrons. The van der Waals surface area contributed by atoms with Gasteiger partial charge in [0.1, 0.15) is 0 Å². The number of alkyl halides is 6. The van der Waals surface area contributed by atoms with E-state index >= 15 is 0 Å². The van der Waals surface area contributed by atoms with Gasteiger partial charge in [0.15, 0.2) is 5.92 Å². The molecule has 0 aromatic carbocycles. The molecule has 0 aromatic rings. The van der Waals surface area contributed by atoms with Gasteiger partial charge in [0.05, 0.1) is 6.04 Å². The second kappa shape index (κ2) is 4.09. The third-order valence-electron chi connectivity index (χ3n) is 1.53. The predicted octanol–water partition coefficient (Wildman–Crippen LogP) is 1.95. The van der Waals surface area contributed by atoms with Gasteiger partial charge in [-0.15, -0.1) is 6.42 Å². The van der Waals surface area contributed by atoms with Crippen molar-refractivity contribution in [2.45, 2.75) is 18.4 Å².